The van der Waals surface area contributed by atoms with Gasteiger partial charge in [-0.2, -0.15) is 0 Å². The molecule has 0 saturated heterocycles. The summed E-state index contributed by atoms with van der Waals surface area (Å²) >= 11 is 5.96. The number of ether oxygens (including phenoxy) is 1. The number of pyridine rings is 1. The molecule has 0 saturated carbocycles. The lowest BCUT2D eigenvalue weighted by atomic mass is 10.2. The van der Waals surface area contributed by atoms with E-state index < -0.39 is 0 Å². The van der Waals surface area contributed by atoms with E-state index in [-0.39, 0.29) is 0 Å². The number of nitrogens with zero attached hydrogens (tertiary/aromatic N) is 2. The molecule has 0 aliphatic rings. The second-order valence-electron chi connectivity index (χ2n) is 4.19. The minimum absolute atomic E-state index is 0.673. The van der Waals surface area contributed by atoms with Crippen LogP contribution in [0.15, 0.2) is 48.8 Å². The fourth-order valence-electron chi connectivity index (χ4n) is 1.98. The Balaban J connectivity index is 1.99. The van der Waals surface area contributed by atoms with Crippen molar-refractivity contribution in [3.63, 3.8) is 0 Å². The van der Waals surface area contributed by atoms with Crippen LogP contribution in [0.4, 0.5) is 0 Å². The smallest absolute Gasteiger partial charge is 0.138 e. The Kier molecular flexibility index (Phi) is 3.13. The lowest BCUT2D eigenvalue weighted by Gasteiger charge is -2.02. The molecule has 2 heterocycles. The number of fused-ring (bicyclic) bond motifs is 1. The Labute approximate surface area is 116 Å². The minimum Gasteiger partial charge on any atom is -0.494 e. The normalized spacial score (nSPS) is 10.8. The number of imidazole rings is 1. The maximum absolute atomic E-state index is 5.96. The Morgan fingerprint density at radius 1 is 1.21 bits per heavy atom. The molecule has 0 amide bonds. The van der Waals surface area contributed by atoms with Crippen LogP contribution in [0.5, 0.6) is 5.75 Å². The second kappa shape index (κ2) is 4.94. The third-order valence-corrected chi connectivity index (χ3v) is 3.12. The van der Waals surface area contributed by atoms with Crippen LogP contribution in [0.2, 0.25) is 5.02 Å². The largest absolute Gasteiger partial charge is 0.494 e. The summed E-state index contributed by atoms with van der Waals surface area (Å²) in [5.41, 5.74) is 2.82. The van der Waals surface area contributed by atoms with Crippen molar-refractivity contribution in [2.75, 3.05) is 6.61 Å². The van der Waals surface area contributed by atoms with Crippen LogP contribution >= 0.6 is 11.6 Å². The summed E-state index contributed by atoms with van der Waals surface area (Å²) in [6.45, 7) is 2.64. The lowest BCUT2D eigenvalue weighted by Crippen LogP contribution is -1.90. The van der Waals surface area contributed by atoms with Crippen LogP contribution in [-0.4, -0.2) is 16.0 Å². The summed E-state index contributed by atoms with van der Waals surface area (Å²) < 4.78 is 7.38. The van der Waals surface area contributed by atoms with Crippen LogP contribution in [-0.2, 0) is 0 Å². The van der Waals surface area contributed by atoms with Crippen LogP contribution < -0.4 is 4.74 Å². The molecule has 0 bridgehead atoms. The molecule has 0 fully saturated rings. The summed E-state index contributed by atoms with van der Waals surface area (Å²) in [5, 5.41) is 0.691. The Hall–Kier alpha value is -2.00. The van der Waals surface area contributed by atoms with E-state index in [1.165, 1.54) is 0 Å². The van der Waals surface area contributed by atoms with Crippen molar-refractivity contribution >= 4 is 17.2 Å². The van der Waals surface area contributed by atoms with Gasteiger partial charge in [0.1, 0.15) is 11.4 Å². The summed E-state index contributed by atoms with van der Waals surface area (Å²) in [6, 6.07) is 11.6. The van der Waals surface area contributed by atoms with Crippen molar-refractivity contribution in [3.05, 3.63) is 53.8 Å². The van der Waals surface area contributed by atoms with Crippen molar-refractivity contribution in [3.8, 4) is 17.0 Å². The summed E-state index contributed by atoms with van der Waals surface area (Å²) in [4.78, 5) is 4.56. The molecule has 0 atom stereocenters. The predicted octanol–water partition coefficient (Wildman–Crippen LogP) is 4.05. The third kappa shape index (κ3) is 2.42. The van der Waals surface area contributed by atoms with Crippen molar-refractivity contribution in [1.82, 2.24) is 9.38 Å². The van der Waals surface area contributed by atoms with Gasteiger partial charge >= 0.3 is 0 Å². The van der Waals surface area contributed by atoms with Gasteiger partial charge in [-0.05, 0) is 37.3 Å². The van der Waals surface area contributed by atoms with Crippen molar-refractivity contribution in [2.24, 2.45) is 0 Å². The first kappa shape index (κ1) is 12.1. The number of hydrogen-bond acceptors (Lipinski definition) is 2. The highest BCUT2D eigenvalue weighted by atomic mass is 35.5. The first-order valence-electron chi connectivity index (χ1n) is 6.14. The maximum Gasteiger partial charge on any atom is 0.138 e. The molecule has 3 rings (SSSR count). The van der Waals surface area contributed by atoms with Gasteiger partial charge in [0, 0.05) is 29.0 Å². The van der Waals surface area contributed by atoms with E-state index in [2.05, 4.69) is 4.98 Å². The van der Waals surface area contributed by atoms with Gasteiger partial charge in [-0.3, -0.25) is 0 Å². The number of hydrogen-bond donors (Lipinski definition) is 0. The first-order valence-corrected chi connectivity index (χ1v) is 6.51. The van der Waals surface area contributed by atoms with Gasteiger partial charge in [-0.15, -0.1) is 0 Å². The van der Waals surface area contributed by atoms with E-state index in [9.17, 15) is 0 Å². The highest BCUT2D eigenvalue weighted by Crippen LogP contribution is 2.23. The topological polar surface area (TPSA) is 26.5 Å². The van der Waals surface area contributed by atoms with E-state index in [4.69, 9.17) is 16.3 Å². The molecular weight excluding hydrogens is 260 g/mol. The predicted molar refractivity (Wildman–Crippen MR) is 76.8 cm³/mol. The molecule has 0 N–H and O–H groups in total. The van der Waals surface area contributed by atoms with Gasteiger partial charge in [0.2, 0.25) is 0 Å². The van der Waals surface area contributed by atoms with Crippen LogP contribution in [0.1, 0.15) is 6.92 Å². The number of aromatic nitrogens is 2. The molecule has 0 aliphatic heterocycles. The first-order chi connectivity index (χ1) is 9.26. The third-order valence-electron chi connectivity index (χ3n) is 2.88. The van der Waals surface area contributed by atoms with Gasteiger partial charge in [0.25, 0.3) is 0 Å². The van der Waals surface area contributed by atoms with Crippen molar-refractivity contribution in [2.45, 2.75) is 6.92 Å². The van der Waals surface area contributed by atoms with Crippen LogP contribution in [0.25, 0.3) is 16.9 Å². The Bertz CT molecular complexity index is 704. The molecule has 3 aromatic rings. The van der Waals surface area contributed by atoms with Gasteiger partial charge in [0.05, 0.1) is 12.3 Å². The molecule has 0 spiro atoms. The molecule has 2 aromatic heterocycles. The van der Waals surface area contributed by atoms with E-state index in [0.717, 1.165) is 22.7 Å². The molecule has 19 heavy (non-hydrogen) atoms. The maximum atomic E-state index is 5.96. The number of rotatable bonds is 3. The molecule has 3 nitrogen and oxygen atoms in total. The summed E-state index contributed by atoms with van der Waals surface area (Å²) in [5.74, 6) is 0.873. The zero-order valence-electron chi connectivity index (χ0n) is 10.5. The fraction of sp³-hybridized carbons (Fsp3) is 0.133. The average Bonchev–Trinajstić information content (AvgIpc) is 2.83. The van der Waals surface area contributed by atoms with E-state index in [0.29, 0.717) is 11.6 Å². The van der Waals surface area contributed by atoms with Gasteiger partial charge in [-0.25, -0.2) is 4.98 Å². The lowest BCUT2D eigenvalue weighted by molar-refractivity contribution is 0.340. The Morgan fingerprint density at radius 3 is 2.74 bits per heavy atom. The van der Waals surface area contributed by atoms with Crippen molar-refractivity contribution < 1.29 is 4.74 Å². The van der Waals surface area contributed by atoms with Gasteiger partial charge in [-0.1, -0.05) is 11.6 Å². The van der Waals surface area contributed by atoms with Crippen LogP contribution in [0, 0.1) is 0 Å². The van der Waals surface area contributed by atoms with Crippen LogP contribution in [0.3, 0.4) is 0 Å². The van der Waals surface area contributed by atoms with E-state index in [1.54, 1.807) is 0 Å². The molecule has 1 aromatic carbocycles. The summed E-state index contributed by atoms with van der Waals surface area (Å²) in [6.07, 6.45) is 3.89. The molecule has 0 aliphatic carbocycles. The molecule has 0 radical (unpaired) electrons. The SMILES string of the molecule is CCOc1ccc(-c2cn3ccc(Cl)cc3n2)cc1. The second-order valence-corrected chi connectivity index (χ2v) is 4.63. The number of halogens is 1. The molecular formula is C15H13ClN2O. The average molecular weight is 273 g/mol. The Morgan fingerprint density at radius 2 is 2.00 bits per heavy atom. The quantitative estimate of drug-likeness (QED) is 0.719. The van der Waals surface area contributed by atoms with Gasteiger partial charge < -0.3 is 9.14 Å². The minimum atomic E-state index is 0.673. The van der Waals surface area contributed by atoms with E-state index >= 15 is 0 Å². The van der Waals surface area contributed by atoms with Gasteiger partial charge in [0.15, 0.2) is 0 Å². The molecule has 96 valence electrons. The summed E-state index contributed by atoms with van der Waals surface area (Å²) in [7, 11) is 0. The highest BCUT2D eigenvalue weighted by Gasteiger charge is 2.05. The zero-order valence-corrected chi connectivity index (χ0v) is 11.3. The fourth-order valence-corrected chi connectivity index (χ4v) is 2.14. The molecule has 0 unspecified atom stereocenters. The standard InChI is InChI=1S/C15H13ClN2O/c1-2-19-13-5-3-11(4-6-13)14-10-18-8-7-12(16)9-15(18)17-14/h3-10H,2H2,1H3. The van der Waals surface area contributed by atoms with Crippen molar-refractivity contribution in [1.29, 1.82) is 0 Å². The monoisotopic (exact) mass is 272 g/mol. The van der Waals surface area contributed by atoms with E-state index in [1.807, 2.05) is 60.1 Å². The molecule has 4 heteroatoms. The zero-order chi connectivity index (χ0) is 13.2. The highest BCUT2D eigenvalue weighted by molar-refractivity contribution is 6.30. The number of benzene rings is 1.